The number of hydrogen-bond acceptors (Lipinski definition) is 3. The van der Waals surface area contributed by atoms with Gasteiger partial charge in [-0.1, -0.05) is 6.42 Å². The number of hydrogen-bond donors (Lipinski definition) is 3. The molecule has 0 bridgehead atoms. The summed E-state index contributed by atoms with van der Waals surface area (Å²) in [6, 6.07) is -0.695. The van der Waals surface area contributed by atoms with Gasteiger partial charge in [-0.25, -0.2) is 0 Å². The lowest BCUT2D eigenvalue weighted by molar-refractivity contribution is -0.138. The van der Waals surface area contributed by atoms with Crippen LogP contribution in [0.1, 0.15) is 19.3 Å². The third kappa shape index (κ3) is 7.97. The number of aliphatic carboxylic acids is 1. The molecule has 0 radical (unpaired) electrons. The molecule has 5 heteroatoms. The van der Waals surface area contributed by atoms with Crippen LogP contribution in [0.5, 0.6) is 0 Å². The van der Waals surface area contributed by atoms with Crippen molar-refractivity contribution in [3.05, 3.63) is 0 Å². The molecular weight excluding hydrogens is 186 g/mol. The predicted molar refractivity (Wildman–Crippen MR) is 50.6 cm³/mol. The van der Waals surface area contributed by atoms with E-state index in [4.69, 9.17) is 10.8 Å². The first-order valence-electron chi connectivity index (χ1n) is 3.27. The number of carboxylic acid groups (broad SMARTS) is 1. The standard InChI is InChI=1S/C6H13NO2S.ClH/c7-5(6(8)9)3-1-2-4-10;/h5,10H,1-4,7H2,(H,8,9);1H. The molecule has 0 rings (SSSR count). The van der Waals surface area contributed by atoms with Gasteiger partial charge in [0.25, 0.3) is 0 Å². The smallest absolute Gasteiger partial charge is 0.320 e. The van der Waals surface area contributed by atoms with Gasteiger partial charge >= 0.3 is 5.97 Å². The molecule has 0 spiro atoms. The molecule has 0 aromatic carbocycles. The number of thiol groups is 1. The second kappa shape index (κ2) is 8.17. The van der Waals surface area contributed by atoms with E-state index in [0.717, 1.165) is 18.6 Å². The zero-order valence-corrected chi connectivity index (χ0v) is 7.90. The largest absolute Gasteiger partial charge is 0.480 e. The SMILES string of the molecule is Cl.NC(CCCCS)C(=O)O. The van der Waals surface area contributed by atoms with Crippen LogP contribution in [0.2, 0.25) is 0 Å². The minimum Gasteiger partial charge on any atom is -0.480 e. The van der Waals surface area contributed by atoms with Crippen molar-refractivity contribution in [2.75, 3.05) is 5.75 Å². The van der Waals surface area contributed by atoms with Crippen molar-refractivity contribution in [2.24, 2.45) is 5.73 Å². The van der Waals surface area contributed by atoms with Crippen molar-refractivity contribution in [3.63, 3.8) is 0 Å². The summed E-state index contributed by atoms with van der Waals surface area (Å²) in [5.41, 5.74) is 5.23. The number of unbranched alkanes of at least 4 members (excludes halogenated alkanes) is 1. The Bertz CT molecular complexity index is 113. The highest BCUT2D eigenvalue weighted by atomic mass is 35.5. The molecule has 1 unspecified atom stereocenters. The van der Waals surface area contributed by atoms with Crippen LogP contribution in [-0.2, 0) is 4.79 Å². The van der Waals surface area contributed by atoms with Crippen molar-refractivity contribution in [1.29, 1.82) is 0 Å². The minimum atomic E-state index is -0.917. The Morgan fingerprint density at radius 3 is 2.45 bits per heavy atom. The molecule has 3 nitrogen and oxygen atoms in total. The second-order valence-corrected chi connectivity index (χ2v) is 2.61. The van der Waals surface area contributed by atoms with E-state index in [0.29, 0.717) is 6.42 Å². The molecule has 0 aliphatic rings. The van der Waals surface area contributed by atoms with Crippen LogP contribution < -0.4 is 5.73 Å². The highest BCUT2D eigenvalue weighted by Gasteiger charge is 2.09. The third-order valence-corrected chi connectivity index (χ3v) is 1.56. The molecule has 11 heavy (non-hydrogen) atoms. The van der Waals surface area contributed by atoms with Crippen LogP contribution in [0, 0.1) is 0 Å². The van der Waals surface area contributed by atoms with E-state index in [2.05, 4.69) is 12.6 Å². The average Bonchev–Trinajstić information content (AvgIpc) is 1.88. The second-order valence-electron chi connectivity index (χ2n) is 2.16. The predicted octanol–water partition coefficient (Wildman–Crippen LogP) is 0.920. The molecule has 0 saturated carbocycles. The average molecular weight is 200 g/mol. The lowest BCUT2D eigenvalue weighted by Crippen LogP contribution is -2.29. The maximum absolute atomic E-state index is 10.1. The molecule has 68 valence electrons. The number of rotatable bonds is 5. The Morgan fingerprint density at radius 2 is 2.09 bits per heavy atom. The first-order valence-corrected chi connectivity index (χ1v) is 3.91. The van der Waals surface area contributed by atoms with Crippen LogP contribution in [0.25, 0.3) is 0 Å². The molecule has 0 aliphatic heterocycles. The molecule has 0 saturated heterocycles. The van der Waals surface area contributed by atoms with E-state index in [1.807, 2.05) is 0 Å². The first-order chi connectivity index (χ1) is 4.68. The molecule has 0 aliphatic carbocycles. The zero-order valence-electron chi connectivity index (χ0n) is 6.19. The summed E-state index contributed by atoms with van der Waals surface area (Å²) < 4.78 is 0. The zero-order chi connectivity index (χ0) is 7.98. The number of nitrogens with two attached hydrogens (primary N) is 1. The van der Waals surface area contributed by atoms with Crippen molar-refractivity contribution in [2.45, 2.75) is 25.3 Å². The van der Waals surface area contributed by atoms with E-state index in [-0.39, 0.29) is 12.4 Å². The van der Waals surface area contributed by atoms with E-state index < -0.39 is 12.0 Å². The molecule has 0 fully saturated rings. The van der Waals surface area contributed by atoms with E-state index >= 15 is 0 Å². The lowest BCUT2D eigenvalue weighted by atomic mass is 10.1. The number of carboxylic acids is 1. The molecular formula is C6H14ClNO2S. The van der Waals surface area contributed by atoms with Gasteiger partial charge in [-0.3, -0.25) is 4.79 Å². The van der Waals surface area contributed by atoms with Gasteiger partial charge in [0.15, 0.2) is 0 Å². The fourth-order valence-corrected chi connectivity index (χ4v) is 0.823. The van der Waals surface area contributed by atoms with Gasteiger partial charge in [0.1, 0.15) is 6.04 Å². The topological polar surface area (TPSA) is 63.3 Å². The quantitative estimate of drug-likeness (QED) is 0.456. The summed E-state index contributed by atoms with van der Waals surface area (Å²) in [6.45, 7) is 0. The summed E-state index contributed by atoms with van der Waals surface area (Å²) in [5.74, 6) is -0.119. The van der Waals surface area contributed by atoms with E-state index in [1.54, 1.807) is 0 Å². The Morgan fingerprint density at radius 1 is 1.55 bits per heavy atom. The Hall–Kier alpha value is 0.0700. The van der Waals surface area contributed by atoms with Gasteiger partial charge in [0.05, 0.1) is 0 Å². The molecule has 0 aromatic rings. The summed E-state index contributed by atoms with van der Waals surface area (Å²) in [4.78, 5) is 10.1. The lowest BCUT2D eigenvalue weighted by Gasteiger charge is -2.03. The Labute approximate surface area is 78.2 Å². The fourth-order valence-electron chi connectivity index (χ4n) is 0.600. The summed E-state index contributed by atoms with van der Waals surface area (Å²) >= 11 is 3.99. The van der Waals surface area contributed by atoms with E-state index in [1.165, 1.54) is 0 Å². The third-order valence-electron chi connectivity index (χ3n) is 1.24. The highest BCUT2D eigenvalue weighted by Crippen LogP contribution is 1.99. The monoisotopic (exact) mass is 199 g/mol. The van der Waals surface area contributed by atoms with Crippen molar-refractivity contribution in [3.8, 4) is 0 Å². The molecule has 0 amide bonds. The first kappa shape index (κ1) is 13.6. The molecule has 1 atom stereocenters. The fraction of sp³-hybridized carbons (Fsp3) is 0.833. The minimum absolute atomic E-state index is 0. The van der Waals surface area contributed by atoms with Crippen molar-refractivity contribution >= 4 is 31.0 Å². The van der Waals surface area contributed by atoms with Crippen LogP contribution in [-0.4, -0.2) is 22.9 Å². The normalized spacial score (nSPS) is 11.8. The van der Waals surface area contributed by atoms with Crippen molar-refractivity contribution in [1.82, 2.24) is 0 Å². The number of carbonyl (C=O) groups is 1. The Kier molecular flexibility index (Phi) is 10.1. The Balaban J connectivity index is 0. The molecule has 3 N–H and O–H groups in total. The van der Waals surface area contributed by atoms with Crippen LogP contribution in [0.3, 0.4) is 0 Å². The highest BCUT2D eigenvalue weighted by molar-refractivity contribution is 7.80. The number of halogens is 1. The van der Waals surface area contributed by atoms with Gasteiger partial charge in [-0.05, 0) is 18.6 Å². The van der Waals surface area contributed by atoms with Gasteiger partial charge in [0.2, 0.25) is 0 Å². The van der Waals surface area contributed by atoms with Crippen LogP contribution >= 0.6 is 25.0 Å². The van der Waals surface area contributed by atoms with Crippen LogP contribution in [0.4, 0.5) is 0 Å². The summed E-state index contributed by atoms with van der Waals surface area (Å²) in [6.07, 6.45) is 2.33. The summed E-state index contributed by atoms with van der Waals surface area (Å²) in [7, 11) is 0. The van der Waals surface area contributed by atoms with Gasteiger partial charge in [-0.2, -0.15) is 12.6 Å². The van der Waals surface area contributed by atoms with Crippen molar-refractivity contribution < 1.29 is 9.90 Å². The molecule has 0 heterocycles. The van der Waals surface area contributed by atoms with Crippen LogP contribution in [0.15, 0.2) is 0 Å². The summed E-state index contributed by atoms with van der Waals surface area (Å²) in [5, 5.41) is 8.34. The van der Waals surface area contributed by atoms with Gasteiger partial charge < -0.3 is 10.8 Å². The van der Waals surface area contributed by atoms with E-state index in [9.17, 15) is 4.79 Å². The maximum atomic E-state index is 10.1. The molecule has 0 aromatic heterocycles. The van der Waals surface area contributed by atoms with Gasteiger partial charge in [0, 0.05) is 0 Å². The maximum Gasteiger partial charge on any atom is 0.320 e. The van der Waals surface area contributed by atoms with Gasteiger partial charge in [-0.15, -0.1) is 12.4 Å².